The summed E-state index contributed by atoms with van der Waals surface area (Å²) in [6.45, 7) is 0. The zero-order valence-electron chi connectivity index (χ0n) is 8.66. The Kier molecular flexibility index (Phi) is 2.98. The maximum absolute atomic E-state index is 9.75. The third kappa shape index (κ3) is 2.69. The third-order valence-electron chi connectivity index (χ3n) is 2.77. The SMILES string of the molecule is COc1ncc(Br)cc1CCC1(O)CC1. The second kappa shape index (κ2) is 4.10. The number of hydrogen-bond donors (Lipinski definition) is 1. The number of aliphatic hydroxyl groups is 1. The Bertz CT molecular complexity index is 364. The van der Waals surface area contributed by atoms with Gasteiger partial charge >= 0.3 is 0 Å². The zero-order chi connectivity index (χ0) is 10.9. The maximum atomic E-state index is 9.75. The highest BCUT2D eigenvalue weighted by atomic mass is 79.9. The van der Waals surface area contributed by atoms with Crippen LogP contribution < -0.4 is 4.74 Å². The Labute approximate surface area is 97.6 Å². The van der Waals surface area contributed by atoms with Crippen LogP contribution in [0.25, 0.3) is 0 Å². The van der Waals surface area contributed by atoms with Crippen molar-refractivity contribution in [3.8, 4) is 5.88 Å². The predicted octanol–water partition coefficient (Wildman–Crippen LogP) is 2.31. The molecule has 15 heavy (non-hydrogen) atoms. The highest BCUT2D eigenvalue weighted by Crippen LogP contribution is 2.39. The summed E-state index contributed by atoms with van der Waals surface area (Å²) in [6, 6.07) is 2.00. The molecule has 1 aliphatic rings. The van der Waals surface area contributed by atoms with Gasteiger partial charge in [-0.2, -0.15) is 0 Å². The molecule has 1 aliphatic carbocycles. The van der Waals surface area contributed by atoms with Crippen molar-refractivity contribution in [1.29, 1.82) is 0 Å². The normalized spacial score (nSPS) is 17.5. The van der Waals surface area contributed by atoms with Gasteiger partial charge in [0.15, 0.2) is 0 Å². The van der Waals surface area contributed by atoms with Gasteiger partial charge in [-0.05, 0) is 47.7 Å². The number of methoxy groups -OCH3 is 1. The van der Waals surface area contributed by atoms with Crippen molar-refractivity contribution in [2.45, 2.75) is 31.3 Å². The van der Waals surface area contributed by atoms with Crippen molar-refractivity contribution < 1.29 is 9.84 Å². The van der Waals surface area contributed by atoms with E-state index in [1.165, 1.54) is 0 Å². The average molecular weight is 272 g/mol. The smallest absolute Gasteiger partial charge is 0.216 e. The Morgan fingerprint density at radius 3 is 2.93 bits per heavy atom. The van der Waals surface area contributed by atoms with Gasteiger partial charge < -0.3 is 9.84 Å². The van der Waals surface area contributed by atoms with Crippen molar-refractivity contribution in [1.82, 2.24) is 4.98 Å². The first-order valence-corrected chi connectivity index (χ1v) is 5.83. The van der Waals surface area contributed by atoms with Gasteiger partial charge in [0.25, 0.3) is 0 Å². The molecule has 1 saturated carbocycles. The topological polar surface area (TPSA) is 42.4 Å². The largest absolute Gasteiger partial charge is 0.481 e. The summed E-state index contributed by atoms with van der Waals surface area (Å²) < 4.78 is 6.12. The molecular weight excluding hydrogens is 258 g/mol. The summed E-state index contributed by atoms with van der Waals surface area (Å²) in [7, 11) is 1.62. The van der Waals surface area contributed by atoms with Crippen LogP contribution in [0.15, 0.2) is 16.7 Å². The second-order valence-corrected chi connectivity index (χ2v) is 4.96. The summed E-state index contributed by atoms with van der Waals surface area (Å²) >= 11 is 3.38. The van der Waals surface area contributed by atoms with E-state index in [1.807, 2.05) is 6.07 Å². The molecule has 0 radical (unpaired) electrons. The van der Waals surface area contributed by atoms with Gasteiger partial charge in [0.2, 0.25) is 5.88 Å². The lowest BCUT2D eigenvalue weighted by atomic mass is 10.1. The minimum Gasteiger partial charge on any atom is -0.481 e. The minimum atomic E-state index is -0.409. The Morgan fingerprint density at radius 2 is 2.33 bits per heavy atom. The van der Waals surface area contributed by atoms with Crippen molar-refractivity contribution in [3.63, 3.8) is 0 Å². The number of pyridine rings is 1. The first-order chi connectivity index (χ1) is 7.13. The van der Waals surface area contributed by atoms with Crippen LogP contribution in [-0.4, -0.2) is 22.8 Å². The van der Waals surface area contributed by atoms with Crippen LogP contribution >= 0.6 is 15.9 Å². The van der Waals surface area contributed by atoms with E-state index in [4.69, 9.17) is 4.74 Å². The van der Waals surface area contributed by atoms with Crippen molar-refractivity contribution >= 4 is 15.9 Å². The van der Waals surface area contributed by atoms with E-state index in [-0.39, 0.29) is 0 Å². The molecule has 0 saturated heterocycles. The van der Waals surface area contributed by atoms with Gasteiger partial charge in [0, 0.05) is 16.2 Å². The maximum Gasteiger partial charge on any atom is 0.216 e. The Morgan fingerprint density at radius 1 is 1.60 bits per heavy atom. The van der Waals surface area contributed by atoms with E-state index in [0.717, 1.165) is 35.7 Å². The summed E-state index contributed by atoms with van der Waals surface area (Å²) in [5.41, 5.74) is 0.639. The average Bonchev–Trinajstić information content (AvgIpc) is 2.95. The van der Waals surface area contributed by atoms with Gasteiger partial charge in [-0.15, -0.1) is 0 Å². The Hall–Kier alpha value is -0.610. The summed E-state index contributed by atoms with van der Waals surface area (Å²) in [6.07, 6.45) is 5.18. The van der Waals surface area contributed by atoms with Gasteiger partial charge in [-0.25, -0.2) is 4.98 Å². The Balaban J connectivity index is 2.08. The molecule has 0 unspecified atom stereocenters. The lowest BCUT2D eigenvalue weighted by molar-refractivity contribution is 0.140. The van der Waals surface area contributed by atoms with Crippen LogP contribution in [0.1, 0.15) is 24.8 Å². The zero-order valence-corrected chi connectivity index (χ0v) is 10.2. The van der Waals surface area contributed by atoms with Gasteiger partial charge in [0.1, 0.15) is 0 Å². The van der Waals surface area contributed by atoms with Crippen LogP contribution in [0, 0.1) is 0 Å². The summed E-state index contributed by atoms with van der Waals surface area (Å²) in [5, 5.41) is 9.75. The van der Waals surface area contributed by atoms with Gasteiger partial charge in [-0.1, -0.05) is 0 Å². The fourth-order valence-electron chi connectivity index (χ4n) is 1.59. The molecule has 1 fully saturated rings. The minimum absolute atomic E-state index is 0.409. The number of hydrogen-bond acceptors (Lipinski definition) is 3. The molecule has 4 heteroatoms. The van der Waals surface area contributed by atoms with Crippen LogP contribution in [0.3, 0.4) is 0 Å². The summed E-state index contributed by atoms with van der Waals surface area (Å²) in [4.78, 5) is 4.17. The van der Waals surface area contributed by atoms with E-state index in [1.54, 1.807) is 13.3 Å². The first-order valence-electron chi connectivity index (χ1n) is 5.04. The lowest BCUT2D eigenvalue weighted by Crippen LogP contribution is -2.08. The van der Waals surface area contributed by atoms with E-state index in [0.29, 0.717) is 5.88 Å². The number of halogens is 1. The van der Waals surface area contributed by atoms with Gasteiger partial charge in [0.05, 0.1) is 12.7 Å². The fraction of sp³-hybridized carbons (Fsp3) is 0.545. The standard InChI is InChI=1S/C11H14BrNO2/c1-15-10-8(6-9(12)7-13-10)2-3-11(14)4-5-11/h6-7,14H,2-5H2,1H3. The third-order valence-corrected chi connectivity index (χ3v) is 3.21. The molecule has 0 aliphatic heterocycles. The predicted molar refractivity (Wildman–Crippen MR) is 61.0 cm³/mol. The van der Waals surface area contributed by atoms with Crippen LogP contribution in [-0.2, 0) is 6.42 Å². The molecule has 0 atom stereocenters. The molecule has 1 heterocycles. The molecule has 0 bridgehead atoms. The second-order valence-electron chi connectivity index (χ2n) is 4.05. The molecule has 82 valence electrons. The number of aryl methyl sites for hydroxylation is 1. The highest BCUT2D eigenvalue weighted by molar-refractivity contribution is 9.10. The van der Waals surface area contributed by atoms with Crippen LogP contribution in [0.2, 0.25) is 0 Å². The van der Waals surface area contributed by atoms with Gasteiger partial charge in [-0.3, -0.25) is 0 Å². The number of nitrogens with zero attached hydrogens (tertiary/aromatic N) is 1. The highest BCUT2D eigenvalue weighted by Gasteiger charge is 2.39. The van der Waals surface area contributed by atoms with E-state index >= 15 is 0 Å². The summed E-state index contributed by atoms with van der Waals surface area (Å²) in [5.74, 6) is 0.655. The molecule has 0 aromatic carbocycles. The van der Waals surface area contributed by atoms with Crippen LogP contribution in [0.5, 0.6) is 5.88 Å². The van der Waals surface area contributed by atoms with Crippen LogP contribution in [0.4, 0.5) is 0 Å². The first kappa shape index (κ1) is 10.9. The molecular formula is C11H14BrNO2. The van der Waals surface area contributed by atoms with Crippen molar-refractivity contribution in [2.75, 3.05) is 7.11 Å². The quantitative estimate of drug-likeness (QED) is 0.914. The number of ether oxygens (including phenoxy) is 1. The van der Waals surface area contributed by atoms with E-state index in [2.05, 4.69) is 20.9 Å². The van der Waals surface area contributed by atoms with Crippen molar-refractivity contribution in [2.24, 2.45) is 0 Å². The molecule has 2 rings (SSSR count). The fourth-order valence-corrected chi connectivity index (χ4v) is 1.97. The van der Waals surface area contributed by atoms with E-state index < -0.39 is 5.60 Å². The molecule has 1 aromatic rings. The molecule has 1 N–H and O–H groups in total. The molecule has 0 spiro atoms. The van der Waals surface area contributed by atoms with E-state index in [9.17, 15) is 5.11 Å². The monoisotopic (exact) mass is 271 g/mol. The molecule has 3 nitrogen and oxygen atoms in total. The van der Waals surface area contributed by atoms with Crippen molar-refractivity contribution in [3.05, 3.63) is 22.3 Å². The molecule has 1 aromatic heterocycles. The number of rotatable bonds is 4. The number of aromatic nitrogens is 1. The molecule has 0 amide bonds. The lowest BCUT2D eigenvalue weighted by Gasteiger charge is -2.10.